The highest BCUT2D eigenvalue weighted by molar-refractivity contribution is 4.91. The zero-order valence-corrected chi connectivity index (χ0v) is 13.6. The average molecular weight is 283 g/mol. The molecule has 0 amide bonds. The monoisotopic (exact) mass is 283 g/mol. The average Bonchev–Trinajstić information content (AvgIpc) is 2.98. The Morgan fingerprint density at radius 1 is 1.25 bits per heavy atom. The van der Waals surface area contributed by atoms with Crippen molar-refractivity contribution in [2.45, 2.75) is 63.6 Å². The molecule has 4 heteroatoms. The molecule has 2 N–H and O–H groups in total. The van der Waals surface area contributed by atoms with E-state index in [0.717, 1.165) is 12.5 Å². The molecule has 0 radical (unpaired) electrons. The second kappa shape index (κ2) is 7.21. The summed E-state index contributed by atoms with van der Waals surface area (Å²) in [6.45, 7) is 9.66. The number of rotatable bonds is 6. The number of hydrogen-bond acceptors (Lipinski definition) is 4. The first-order valence-corrected chi connectivity index (χ1v) is 8.36. The quantitative estimate of drug-likeness (QED) is 0.771. The van der Waals surface area contributed by atoms with Crippen molar-refractivity contribution < 1.29 is 5.11 Å². The zero-order valence-electron chi connectivity index (χ0n) is 13.6. The Kier molecular flexibility index (Phi) is 5.84. The van der Waals surface area contributed by atoms with Gasteiger partial charge in [-0.1, -0.05) is 6.42 Å². The lowest BCUT2D eigenvalue weighted by molar-refractivity contribution is 0.119. The first-order valence-electron chi connectivity index (χ1n) is 8.36. The predicted molar refractivity (Wildman–Crippen MR) is 84.0 cm³/mol. The van der Waals surface area contributed by atoms with Crippen molar-refractivity contribution in [2.24, 2.45) is 0 Å². The van der Waals surface area contributed by atoms with Gasteiger partial charge in [0.1, 0.15) is 0 Å². The van der Waals surface area contributed by atoms with Crippen molar-refractivity contribution in [3.63, 3.8) is 0 Å². The van der Waals surface area contributed by atoms with E-state index in [1.807, 2.05) is 7.05 Å². The van der Waals surface area contributed by atoms with Gasteiger partial charge in [0.15, 0.2) is 0 Å². The van der Waals surface area contributed by atoms with Gasteiger partial charge in [-0.2, -0.15) is 0 Å². The topological polar surface area (TPSA) is 38.7 Å². The molecule has 20 heavy (non-hydrogen) atoms. The Hall–Kier alpha value is -0.160. The van der Waals surface area contributed by atoms with Crippen LogP contribution in [-0.4, -0.2) is 72.4 Å². The van der Waals surface area contributed by atoms with Crippen LogP contribution in [0.4, 0.5) is 0 Å². The van der Waals surface area contributed by atoms with Crippen LogP contribution >= 0.6 is 0 Å². The van der Waals surface area contributed by atoms with Gasteiger partial charge in [0.05, 0.1) is 6.61 Å². The summed E-state index contributed by atoms with van der Waals surface area (Å²) in [6, 6.07) is 1.31. The van der Waals surface area contributed by atoms with Crippen LogP contribution < -0.4 is 5.32 Å². The van der Waals surface area contributed by atoms with Crippen LogP contribution in [0.3, 0.4) is 0 Å². The summed E-state index contributed by atoms with van der Waals surface area (Å²) in [5.41, 5.74) is -0.150. The van der Waals surface area contributed by atoms with Crippen LogP contribution in [-0.2, 0) is 0 Å². The molecule has 118 valence electrons. The molecule has 2 saturated heterocycles. The molecular formula is C16H33N3O. The molecule has 3 atom stereocenters. The predicted octanol–water partition coefficient (Wildman–Crippen LogP) is 1.30. The summed E-state index contributed by atoms with van der Waals surface area (Å²) in [7, 11) is 1.95. The highest BCUT2D eigenvalue weighted by atomic mass is 16.3. The lowest BCUT2D eigenvalue weighted by atomic mass is 9.94. The van der Waals surface area contributed by atoms with Crippen LogP contribution in [0.5, 0.6) is 0 Å². The van der Waals surface area contributed by atoms with E-state index in [1.165, 1.54) is 51.9 Å². The first kappa shape index (κ1) is 16.2. The van der Waals surface area contributed by atoms with Crippen molar-refractivity contribution in [1.82, 2.24) is 15.1 Å². The van der Waals surface area contributed by atoms with E-state index in [4.69, 9.17) is 0 Å². The number of piperidine rings is 1. The number of nitrogens with one attached hydrogen (secondary N) is 1. The maximum Gasteiger partial charge on any atom is 0.0611 e. The fourth-order valence-electron chi connectivity index (χ4n) is 3.78. The normalized spacial score (nSPS) is 30.3. The molecule has 3 unspecified atom stereocenters. The summed E-state index contributed by atoms with van der Waals surface area (Å²) in [4.78, 5) is 5.32. The SMILES string of the molecule is CNC(C)(CO)CC(C)N1CCC(N2CCCCC2)C1. The number of nitrogens with zero attached hydrogens (tertiary/aromatic N) is 2. The molecule has 2 aliphatic heterocycles. The molecule has 2 fully saturated rings. The van der Waals surface area contributed by atoms with E-state index >= 15 is 0 Å². The van der Waals surface area contributed by atoms with Gasteiger partial charge in [-0.25, -0.2) is 0 Å². The maximum atomic E-state index is 9.54. The summed E-state index contributed by atoms with van der Waals surface area (Å²) in [5, 5.41) is 12.8. The van der Waals surface area contributed by atoms with E-state index in [-0.39, 0.29) is 12.1 Å². The molecule has 0 aromatic carbocycles. The molecule has 0 bridgehead atoms. The molecule has 0 spiro atoms. The second-order valence-electron chi connectivity index (χ2n) is 7.06. The molecule has 0 aliphatic carbocycles. The Labute approximate surface area is 124 Å². The summed E-state index contributed by atoms with van der Waals surface area (Å²) in [6.07, 6.45) is 6.51. The van der Waals surface area contributed by atoms with E-state index in [0.29, 0.717) is 6.04 Å². The number of aliphatic hydroxyl groups is 1. The standard InChI is InChI=1S/C16H33N3O/c1-14(11-16(2,13-20)17-3)19-10-7-15(12-19)18-8-5-4-6-9-18/h14-15,17,20H,4-13H2,1-3H3. The van der Waals surface area contributed by atoms with E-state index < -0.39 is 0 Å². The molecular weight excluding hydrogens is 250 g/mol. The first-order chi connectivity index (χ1) is 9.58. The highest BCUT2D eigenvalue weighted by Gasteiger charge is 2.33. The van der Waals surface area contributed by atoms with Crippen LogP contribution in [0.15, 0.2) is 0 Å². The van der Waals surface area contributed by atoms with Crippen LogP contribution in [0.1, 0.15) is 46.0 Å². The van der Waals surface area contributed by atoms with E-state index in [2.05, 4.69) is 29.0 Å². The third-order valence-electron chi connectivity index (χ3n) is 5.42. The van der Waals surface area contributed by atoms with E-state index in [9.17, 15) is 5.11 Å². The number of likely N-dealkylation sites (N-methyl/N-ethyl adjacent to an activating group) is 1. The van der Waals surface area contributed by atoms with Crippen LogP contribution in [0.25, 0.3) is 0 Å². The van der Waals surface area contributed by atoms with Gasteiger partial charge in [0, 0.05) is 30.7 Å². The number of aliphatic hydroxyl groups excluding tert-OH is 1. The van der Waals surface area contributed by atoms with Crippen molar-refractivity contribution in [3.8, 4) is 0 Å². The fourth-order valence-corrected chi connectivity index (χ4v) is 3.78. The molecule has 0 aromatic heterocycles. The second-order valence-corrected chi connectivity index (χ2v) is 7.06. The van der Waals surface area contributed by atoms with Crippen molar-refractivity contribution in [2.75, 3.05) is 39.8 Å². The molecule has 2 aliphatic rings. The molecule has 2 rings (SSSR count). The van der Waals surface area contributed by atoms with E-state index in [1.54, 1.807) is 0 Å². The van der Waals surface area contributed by atoms with Gasteiger partial charge >= 0.3 is 0 Å². The minimum Gasteiger partial charge on any atom is -0.394 e. The van der Waals surface area contributed by atoms with Gasteiger partial charge in [-0.15, -0.1) is 0 Å². The minimum atomic E-state index is -0.150. The van der Waals surface area contributed by atoms with Crippen molar-refractivity contribution in [3.05, 3.63) is 0 Å². The highest BCUT2D eigenvalue weighted by Crippen LogP contribution is 2.24. The number of likely N-dealkylation sites (tertiary alicyclic amines) is 2. The Morgan fingerprint density at radius 2 is 1.95 bits per heavy atom. The summed E-state index contributed by atoms with van der Waals surface area (Å²) < 4.78 is 0. The van der Waals surface area contributed by atoms with Crippen molar-refractivity contribution in [1.29, 1.82) is 0 Å². The van der Waals surface area contributed by atoms with Gasteiger partial charge in [-0.05, 0) is 59.7 Å². The largest absolute Gasteiger partial charge is 0.394 e. The van der Waals surface area contributed by atoms with Gasteiger partial charge in [0.2, 0.25) is 0 Å². The smallest absolute Gasteiger partial charge is 0.0611 e. The number of hydrogen-bond donors (Lipinski definition) is 2. The van der Waals surface area contributed by atoms with Crippen LogP contribution in [0.2, 0.25) is 0 Å². The van der Waals surface area contributed by atoms with Crippen LogP contribution in [0, 0.1) is 0 Å². The molecule has 0 aromatic rings. The molecule has 2 heterocycles. The Morgan fingerprint density at radius 3 is 2.55 bits per heavy atom. The summed E-state index contributed by atoms with van der Waals surface area (Å²) >= 11 is 0. The lowest BCUT2D eigenvalue weighted by Gasteiger charge is -2.35. The maximum absolute atomic E-state index is 9.54. The zero-order chi connectivity index (χ0) is 14.6. The summed E-state index contributed by atoms with van der Waals surface area (Å²) in [5.74, 6) is 0. The lowest BCUT2D eigenvalue weighted by Crippen LogP contribution is -2.49. The van der Waals surface area contributed by atoms with Crippen molar-refractivity contribution >= 4 is 0 Å². The Balaban J connectivity index is 1.82. The third-order valence-corrected chi connectivity index (χ3v) is 5.42. The third kappa shape index (κ3) is 3.94. The van der Waals surface area contributed by atoms with Gasteiger partial charge < -0.3 is 10.4 Å². The molecule has 4 nitrogen and oxygen atoms in total. The molecule has 0 saturated carbocycles. The minimum absolute atomic E-state index is 0.150. The van der Waals surface area contributed by atoms with Gasteiger partial charge in [-0.3, -0.25) is 9.80 Å². The fraction of sp³-hybridized carbons (Fsp3) is 1.00. The Bertz CT molecular complexity index is 287. The van der Waals surface area contributed by atoms with Gasteiger partial charge in [0.25, 0.3) is 0 Å².